The van der Waals surface area contributed by atoms with Gasteiger partial charge in [-0.05, 0) is 12.8 Å². The SMILES string of the molecule is NC(=O)C(O)C(N)CCCCNC(=O)O. The van der Waals surface area contributed by atoms with Crippen molar-refractivity contribution in [1.29, 1.82) is 0 Å². The molecule has 2 atom stereocenters. The Bertz CT molecular complexity index is 222. The van der Waals surface area contributed by atoms with E-state index in [1.807, 2.05) is 0 Å². The van der Waals surface area contributed by atoms with Crippen molar-refractivity contribution in [1.82, 2.24) is 5.32 Å². The first-order valence-corrected chi connectivity index (χ1v) is 4.65. The van der Waals surface area contributed by atoms with Crippen molar-refractivity contribution in [2.24, 2.45) is 11.5 Å². The predicted octanol–water partition coefficient (Wildman–Crippen LogP) is -1.40. The van der Waals surface area contributed by atoms with Crippen LogP contribution in [0.5, 0.6) is 0 Å². The van der Waals surface area contributed by atoms with Crippen LogP contribution in [0.2, 0.25) is 0 Å². The molecule has 0 heterocycles. The van der Waals surface area contributed by atoms with Gasteiger partial charge in [0, 0.05) is 12.6 Å². The maximum atomic E-state index is 10.5. The summed E-state index contributed by atoms with van der Waals surface area (Å²) in [5, 5.41) is 19.6. The van der Waals surface area contributed by atoms with E-state index in [4.69, 9.17) is 21.7 Å². The summed E-state index contributed by atoms with van der Waals surface area (Å²) >= 11 is 0. The van der Waals surface area contributed by atoms with Crippen molar-refractivity contribution in [3.8, 4) is 0 Å². The molecule has 88 valence electrons. The maximum Gasteiger partial charge on any atom is 0.404 e. The molecule has 0 bridgehead atoms. The highest BCUT2D eigenvalue weighted by molar-refractivity contribution is 5.79. The van der Waals surface area contributed by atoms with Crippen LogP contribution in [0.3, 0.4) is 0 Å². The van der Waals surface area contributed by atoms with Crippen molar-refractivity contribution in [2.45, 2.75) is 31.4 Å². The van der Waals surface area contributed by atoms with Gasteiger partial charge in [0.05, 0.1) is 0 Å². The molecular weight excluding hydrogens is 202 g/mol. The van der Waals surface area contributed by atoms with Gasteiger partial charge in [-0.25, -0.2) is 4.79 Å². The molecular formula is C8H17N3O4. The third-order valence-electron chi connectivity index (χ3n) is 1.94. The molecule has 2 amide bonds. The first kappa shape index (κ1) is 13.7. The fourth-order valence-corrected chi connectivity index (χ4v) is 1.07. The summed E-state index contributed by atoms with van der Waals surface area (Å²) in [5.41, 5.74) is 10.3. The molecule has 2 unspecified atom stereocenters. The van der Waals surface area contributed by atoms with E-state index in [1.54, 1.807) is 0 Å². The number of primary amides is 1. The molecule has 0 rings (SSSR count). The fraction of sp³-hybridized carbons (Fsp3) is 0.750. The zero-order valence-corrected chi connectivity index (χ0v) is 8.35. The molecule has 0 spiro atoms. The second-order valence-electron chi connectivity index (χ2n) is 3.24. The number of carbonyl (C=O) groups is 2. The van der Waals surface area contributed by atoms with Crippen LogP contribution >= 0.6 is 0 Å². The van der Waals surface area contributed by atoms with Crippen molar-refractivity contribution < 1.29 is 19.8 Å². The topological polar surface area (TPSA) is 139 Å². The lowest BCUT2D eigenvalue weighted by Gasteiger charge is -2.15. The summed E-state index contributed by atoms with van der Waals surface area (Å²) in [6.07, 6.45) is -0.767. The molecule has 0 aromatic carbocycles. The number of carbonyl (C=O) groups excluding carboxylic acids is 1. The maximum absolute atomic E-state index is 10.5. The molecule has 7 nitrogen and oxygen atoms in total. The molecule has 7 heteroatoms. The summed E-state index contributed by atoms with van der Waals surface area (Å²) in [7, 11) is 0. The Balaban J connectivity index is 3.50. The van der Waals surface area contributed by atoms with Crippen molar-refractivity contribution in [3.05, 3.63) is 0 Å². The summed E-state index contributed by atoms with van der Waals surface area (Å²) in [6.45, 7) is 0.328. The number of amides is 2. The highest BCUT2D eigenvalue weighted by atomic mass is 16.4. The smallest absolute Gasteiger partial charge is 0.404 e. The number of aliphatic hydroxyl groups excluding tert-OH is 1. The number of hydrogen-bond acceptors (Lipinski definition) is 4. The van der Waals surface area contributed by atoms with Crippen molar-refractivity contribution in [2.75, 3.05) is 6.54 Å². The van der Waals surface area contributed by atoms with Gasteiger partial charge >= 0.3 is 6.09 Å². The standard InChI is InChI=1S/C8H17N3O4/c9-5(6(12)7(10)13)3-1-2-4-11-8(14)15/h5-6,11-12H,1-4,9H2,(H2,10,13)(H,14,15). The Kier molecular flexibility index (Phi) is 6.39. The minimum atomic E-state index is -1.34. The highest BCUT2D eigenvalue weighted by Crippen LogP contribution is 2.02. The van der Waals surface area contributed by atoms with Crippen LogP contribution < -0.4 is 16.8 Å². The van der Waals surface area contributed by atoms with Gasteiger partial charge in [0.1, 0.15) is 6.10 Å². The largest absolute Gasteiger partial charge is 0.465 e. The number of hydrogen-bond donors (Lipinski definition) is 5. The van der Waals surface area contributed by atoms with Crippen LogP contribution in [-0.2, 0) is 4.79 Å². The number of unbranched alkanes of at least 4 members (excludes halogenated alkanes) is 1. The van der Waals surface area contributed by atoms with Gasteiger partial charge in [-0.3, -0.25) is 4.79 Å². The van der Waals surface area contributed by atoms with E-state index in [9.17, 15) is 9.59 Å². The van der Waals surface area contributed by atoms with E-state index in [-0.39, 0.29) is 0 Å². The van der Waals surface area contributed by atoms with Gasteiger partial charge in [-0.2, -0.15) is 0 Å². The number of carboxylic acid groups (broad SMARTS) is 1. The van der Waals surface area contributed by atoms with Crippen LogP contribution in [0.4, 0.5) is 4.79 Å². The Morgan fingerprint density at radius 2 is 1.93 bits per heavy atom. The Labute approximate surface area is 87.4 Å². The minimum absolute atomic E-state index is 0.328. The predicted molar refractivity (Wildman–Crippen MR) is 53.1 cm³/mol. The summed E-state index contributed by atoms with van der Waals surface area (Å²) < 4.78 is 0. The quantitative estimate of drug-likeness (QED) is 0.335. The molecule has 0 aliphatic rings. The number of nitrogens with two attached hydrogens (primary N) is 2. The summed E-state index contributed by atoms with van der Waals surface area (Å²) in [6, 6.07) is -0.688. The Morgan fingerprint density at radius 1 is 1.33 bits per heavy atom. The molecule has 0 aromatic heterocycles. The molecule has 0 aliphatic carbocycles. The lowest BCUT2D eigenvalue weighted by Crippen LogP contribution is -2.44. The molecule has 0 radical (unpaired) electrons. The van der Waals surface area contributed by atoms with E-state index in [0.717, 1.165) is 0 Å². The van der Waals surface area contributed by atoms with E-state index in [1.165, 1.54) is 0 Å². The van der Waals surface area contributed by atoms with Crippen LogP contribution in [0.1, 0.15) is 19.3 Å². The van der Waals surface area contributed by atoms with E-state index < -0.39 is 24.1 Å². The van der Waals surface area contributed by atoms with Gasteiger partial charge in [0.2, 0.25) is 5.91 Å². The van der Waals surface area contributed by atoms with Crippen molar-refractivity contribution >= 4 is 12.0 Å². The summed E-state index contributed by atoms with van der Waals surface area (Å²) in [4.78, 5) is 20.6. The first-order chi connectivity index (χ1) is 6.95. The fourth-order valence-electron chi connectivity index (χ4n) is 1.07. The molecule has 0 saturated carbocycles. The third-order valence-corrected chi connectivity index (χ3v) is 1.94. The summed E-state index contributed by atoms with van der Waals surface area (Å²) in [5.74, 6) is -0.842. The lowest BCUT2D eigenvalue weighted by molar-refractivity contribution is -0.127. The van der Waals surface area contributed by atoms with Crippen LogP contribution in [0.25, 0.3) is 0 Å². The van der Waals surface area contributed by atoms with Crippen LogP contribution in [0.15, 0.2) is 0 Å². The zero-order valence-electron chi connectivity index (χ0n) is 8.35. The zero-order chi connectivity index (χ0) is 11.8. The van der Waals surface area contributed by atoms with E-state index in [0.29, 0.717) is 25.8 Å². The molecule has 0 aliphatic heterocycles. The average Bonchev–Trinajstić information content (AvgIpc) is 2.15. The van der Waals surface area contributed by atoms with E-state index >= 15 is 0 Å². The van der Waals surface area contributed by atoms with Gasteiger partial charge in [0.15, 0.2) is 0 Å². The first-order valence-electron chi connectivity index (χ1n) is 4.65. The van der Waals surface area contributed by atoms with Gasteiger partial charge in [-0.1, -0.05) is 6.42 Å². The third kappa shape index (κ3) is 6.69. The monoisotopic (exact) mass is 219 g/mol. The molecule has 0 fully saturated rings. The van der Waals surface area contributed by atoms with Crippen LogP contribution in [0, 0.1) is 0 Å². The molecule has 7 N–H and O–H groups in total. The Morgan fingerprint density at radius 3 is 2.40 bits per heavy atom. The van der Waals surface area contributed by atoms with Crippen molar-refractivity contribution in [3.63, 3.8) is 0 Å². The Hall–Kier alpha value is -1.34. The molecule has 0 saturated heterocycles. The highest BCUT2D eigenvalue weighted by Gasteiger charge is 2.19. The van der Waals surface area contributed by atoms with Gasteiger partial charge in [-0.15, -0.1) is 0 Å². The minimum Gasteiger partial charge on any atom is -0.465 e. The van der Waals surface area contributed by atoms with Crippen LogP contribution in [-0.4, -0.2) is 40.9 Å². The average molecular weight is 219 g/mol. The molecule has 0 aromatic rings. The van der Waals surface area contributed by atoms with Gasteiger partial charge in [0.25, 0.3) is 0 Å². The van der Waals surface area contributed by atoms with E-state index in [2.05, 4.69) is 5.32 Å². The number of nitrogens with one attached hydrogen (secondary N) is 1. The normalized spacial score (nSPS) is 14.3. The van der Waals surface area contributed by atoms with Gasteiger partial charge < -0.3 is 27.0 Å². The molecule has 15 heavy (non-hydrogen) atoms. The second-order valence-corrected chi connectivity index (χ2v) is 3.24. The number of aliphatic hydroxyl groups is 1. The second kappa shape index (κ2) is 7.02. The number of rotatable bonds is 7. The lowest BCUT2D eigenvalue weighted by atomic mass is 10.0.